The van der Waals surface area contributed by atoms with Crippen LogP contribution >= 0.6 is 11.8 Å². The number of nitrogens with one attached hydrogen (secondary N) is 1. The average Bonchev–Trinajstić information content (AvgIpc) is 2.80. The Kier molecular flexibility index (Phi) is 4.62. The zero-order valence-corrected chi connectivity index (χ0v) is 11.4. The zero-order chi connectivity index (χ0) is 13.7. The highest BCUT2D eigenvalue weighted by atomic mass is 32.2. The van der Waals surface area contributed by atoms with Crippen molar-refractivity contribution >= 4 is 34.6 Å². The first-order valence-electron chi connectivity index (χ1n) is 5.99. The number of oxazole rings is 1. The van der Waals surface area contributed by atoms with Crippen molar-refractivity contribution in [1.82, 2.24) is 4.98 Å². The Morgan fingerprint density at radius 3 is 3.05 bits per heavy atom. The molecule has 102 valence electrons. The van der Waals surface area contributed by atoms with Crippen LogP contribution in [0.15, 0.2) is 22.6 Å². The molecule has 1 aromatic carbocycles. The molecule has 0 spiro atoms. The third kappa shape index (κ3) is 3.37. The second-order valence-electron chi connectivity index (χ2n) is 4.03. The molecule has 0 saturated heterocycles. The van der Waals surface area contributed by atoms with Crippen molar-refractivity contribution in [2.24, 2.45) is 0 Å². The number of fused-ring (bicyclic) bond motifs is 1. The maximum Gasteiger partial charge on any atom is 0.298 e. The molecule has 0 fully saturated rings. The largest absolute Gasteiger partial charge is 0.423 e. The minimum Gasteiger partial charge on any atom is -0.423 e. The Morgan fingerprint density at radius 2 is 2.32 bits per heavy atom. The number of para-hydroxylation sites is 1. The fraction of sp³-hybridized carbons (Fsp3) is 0.417. The third-order valence-corrected chi connectivity index (χ3v) is 3.34. The van der Waals surface area contributed by atoms with Crippen LogP contribution in [0.4, 0.5) is 11.7 Å². The lowest BCUT2D eigenvalue weighted by Crippen LogP contribution is -2.01. The lowest BCUT2D eigenvalue weighted by Gasteiger charge is -1.99. The van der Waals surface area contributed by atoms with Crippen LogP contribution in [0.2, 0.25) is 0 Å². The molecule has 0 aliphatic rings. The number of hydrogen-bond donors (Lipinski definition) is 1. The van der Waals surface area contributed by atoms with E-state index in [1.54, 1.807) is 12.1 Å². The summed E-state index contributed by atoms with van der Waals surface area (Å²) in [7, 11) is 0. The lowest BCUT2D eigenvalue weighted by atomic mass is 10.3. The summed E-state index contributed by atoms with van der Waals surface area (Å²) in [6, 6.07) is 5.03. The van der Waals surface area contributed by atoms with Crippen molar-refractivity contribution in [1.29, 1.82) is 0 Å². The van der Waals surface area contributed by atoms with Crippen LogP contribution in [0.25, 0.3) is 11.1 Å². The molecule has 0 saturated carbocycles. The second-order valence-corrected chi connectivity index (χ2v) is 5.01. The maximum atomic E-state index is 10.9. The molecule has 0 radical (unpaired) electrons. The Morgan fingerprint density at radius 1 is 1.47 bits per heavy atom. The van der Waals surface area contributed by atoms with E-state index >= 15 is 0 Å². The molecule has 19 heavy (non-hydrogen) atoms. The van der Waals surface area contributed by atoms with Crippen molar-refractivity contribution in [2.75, 3.05) is 23.9 Å². The van der Waals surface area contributed by atoms with Crippen LogP contribution < -0.4 is 5.32 Å². The lowest BCUT2D eigenvalue weighted by molar-refractivity contribution is -0.383. The molecule has 0 aliphatic carbocycles. The zero-order valence-electron chi connectivity index (χ0n) is 10.6. The normalized spacial score (nSPS) is 10.8. The number of anilines is 1. The standard InChI is InChI=1S/C12H15N3O3S/c1-19-8-3-2-7-13-12-14-11-9(15(16)17)5-4-6-10(11)18-12/h4-6H,2-3,7-8H2,1H3,(H,13,14). The van der Waals surface area contributed by atoms with E-state index in [-0.39, 0.29) is 5.69 Å². The summed E-state index contributed by atoms with van der Waals surface area (Å²) >= 11 is 1.82. The van der Waals surface area contributed by atoms with Crippen molar-refractivity contribution in [3.05, 3.63) is 28.3 Å². The summed E-state index contributed by atoms with van der Waals surface area (Å²) in [6.45, 7) is 0.751. The number of nitro benzene ring substituents is 1. The number of nitrogens with zero attached hydrogens (tertiary/aromatic N) is 2. The molecular weight excluding hydrogens is 266 g/mol. The Balaban J connectivity index is 2.05. The van der Waals surface area contributed by atoms with Gasteiger partial charge >= 0.3 is 0 Å². The highest BCUT2D eigenvalue weighted by Crippen LogP contribution is 2.27. The third-order valence-electron chi connectivity index (χ3n) is 2.65. The van der Waals surface area contributed by atoms with Gasteiger partial charge < -0.3 is 9.73 Å². The number of benzene rings is 1. The number of hydrogen-bond acceptors (Lipinski definition) is 6. The van der Waals surface area contributed by atoms with Crippen LogP contribution in [0, 0.1) is 10.1 Å². The van der Waals surface area contributed by atoms with Crippen molar-refractivity contribution < 1.29 is 9.34 Å². The molecule has 6 nitrogen and oxygen atoms in total. The van der Waals surface area contributed by atoms with Crippen LogP contribution in [0.1, 0.15) is 12.8 Å². The molecule has 0 atom stereocenters. The predicted octanol–water partition coefficient (Wildman–Crippen LogP) is 3.29. The molecule has 0 aliphatic heterocycles. The molecular formula is C12H15N3O3S. The van der Waals surface area contributed by atoms with E-state index in [1.807, 2.05) is 11.8 Å². The van der Waals surface area contributed by atoms with E-state index in [9.17, 15) is 10.1 Å². The number of thioether (sulfide) groups is 1. The number of unbranched alkanes of at least 4 members (excludes halogenated alkanes) is 1. The minimum atomic E-state index is -0.451. The summed E-state index contributed by atoms with van der Waals surface area (Å²) in [5, 5.41) is 13.9. The van der Waals surface area contributed by atoms with E-state index in [2.05, 4.69) is 16.6 Å². The van der Waals surface area contributed by atoms with Gasteiger partial charge in [0, 0.05) is 12.6 Å². The van der Waals surface area contributed by atoms with Crippen LogP contribution in [0.3, 0.4) is 0 Å². The van der Waals surface area contributed by atoms with Gasteiger partial charge in [-0.05, 0) is 30.9 Å². The molecule has 0 amide bonds. The summed E-state index contributed by atoms with van der Waals surface area (Å²) < 4.78 is 5.43. The molecule has 0 bridgehead atoms. The Hall–Kier alpha value is -1.76. The fourth-order valence-corrected chi connectivity index (χ4v) is 2.22. The highest BCUT2D eigenvalue weighted by molar-refractivity contribution is 7.98. The summed E-state index contributed by atoms with van der Waals surface area (Å²) in [6.07, 6.45) is 4.21. The second kappa shape index (κ2) is 6.42. The number of non-ortho nitro benzene ring substituents is 1. The molecule has 1 N–H and O–H groups in total. The monoisotopic (exact) mass is 281 g/mol. The van der Waals surface area contributed by atoms with Gasteiger partial charge in [-0.2, -0.15) is 16.7 Å². The average molecular weight is 281 g/mol. The van der Waals surface area contributed by atoms with E-state index < -0.39 is 4.92 Å². The van der Waals surface area contributed by atoms with Crippen LogP contribution in [-0.4, -0.2) is 28.5 Å². The van der Waals surface area contributed by atoms with Gasteiger partial charge in [-0.25, -0.2) is 0 Å². The van der Waals surface area contributed by atoms with E-state index in [0.29, 0.717) is 17.1 Å². The molecule has 1 aromatic heterocycles. The van der Waals surface area contributed by atoms with Gasteiger partial charge in [0.15, 0.2) is 11.1 Å². The van der Waals surface area contributed by atoms with Crippen molar-refractivity contribution in [3.63, 3.8) is 0 Å². The molecule has 1 heterocycles. The Bertz CT molecular complexity index is 570. The predicted molar refractivity (Wildman–Crippen MR) is 76.8 cm³/mol. The molecule has 2 rings (SSSR count). The quantitative estimate of drug-likeness (QED) is 0.476. The van der Waals surface area contributed by atoms with Crippen LogP contribution in [-0.2, 0) is 0 Å². The minimum absolute atomic E-state index is 0.0308. The van der Waals surface area contributed by atoms with Crippen molar-refractivity contribution in [3.8, 4) is 0 Å². The molecule has 7 heteroatoms. The summed E-state index contributed by atoms with van der Waals surface area (Å²) in [4.78, 5) is 14.5. The van der Waals surface area contributed by atoms with Gasteiger partial charge in [0.05, 0.1) is 4.92 Å². The van der Waals surface area contributed by atoms with Gasteiger partial charge in [-0.15, -0.1) is 0 Å². The molecule has 0 unspecified atom stereocenters. The van der Waals surface area contributed by atoms with Gasteiger partial charge in [0.2, 0.25) is 0 Å². The first-order chi connectivity index (χ1) is 9.22. The van der Waals surface area contributed by atoms with Crippen molar-refractivity contribution in [2.45, 2.75) is 12.8 Å². The molecule has 2 aromatic rings. The summed E-state index contributed by atoms with van der Waals surface area (Å²) in [5.41, 5.74) is 0.691. The van der Waals surface area contributed by atoms with E-state index in [4.69, 9.17) is 4.42 Å². The number of rotatable bonds is 7. The first kappa shape index (κ1) is 13.7. The Labute approximate surface area is 114 Å². The fourth-order valence-electron chi connectivity index (χ4n) is 1.72. The van der Waals surface area contributed by atoms with Gasteiger partial charge in [-0.1, -0.05) is 6.07 Å². The maximum absolute atomic E-state index is 10.9. The van der Waals surface area contributed by atoms with E-state index in [1.165, 1.54) is 6.07 Å². The van der Waals surface area contributed by atoms with Gasteiger partial charge in [0.1, 0.15) is 0 Å². The van der Waals surface area contributed by atoms with Gasteiger partial charge in [0.25, 0.3) is 11.7 Å². The van der Waals surface area contributed by atoms with Gasteiger partial charge in [-0.3, -0.25) is 10.1 Å². The number of aromatic nitrogens is 1. The SMILES string of the molecule is CSCCCCNc1nc2c([N+](=O)[O-])cccc2o1. The smallest absolute Gasteiger partial charge is 0.298 e. The topological polar surface area (TPSA) is 81.2 Å². The van der Waals surface area contributed by atoms with E-state index in [0.717, 1.165) is 25.1 Å². The summed E-state index contributed by atoms with van der Waals surface area (Å²) in [5.74, 6) is 1.13. The number of nitro groups is 1. The van der Waals surface area contributed by atoms with Crippen LogP contribution in [0.5, 0.6) is 0 Å². The first-order valence-corrected chi connectivity index (χ1v) is 7.38. The highest BCUT2D eigenvalue weighted by Gasteiger charge is 2.16.